The minimum absolute atomic E-state index is 0.249. The summed E-state index contributed by atoms with van der Waals surface area (Å²) in [5, 5.41) is 10.2. The van der Waals surface area contributed by atoms with E-state index in [9.17, 15) is 5.11 Å². The van der Waals surface area contributed by atoms with Gasteiger partial charge in [-0.2, -0.15) is 0 Å². The molecule has 1 aromatic rings. The van der Waals surface area contributed by atoms with Gasteiger partial charge in [0.05, 0.1) is 12.2 Å². The van der Waals surface area contributed by atoms with Crippen LogP contribution in [0.2, 0.25) is 0 Å². The maximum Gasteiger partial charge on any atom is 0.160 e. The average molecular weight is 222 g/mol. The normalized spacial score (nSPS) is 29.5. The number of aliphatic hydroxyl groups is 1. The van der Waals surface area contributed by atoms with E-state index in [2.05, 4.69) is 12.1 Å². The SMILES string of the molecule is COC1CC(O)(CCc2ccccc2)CO1. The molecule has 0 aliphatic carbocycles. The summed E-state index contributed by atoms with van der Waals surface area (Å²) in [7, 11) is 1.60. The lowest BCUT2D eigenvalue weighted by molar-refractivity contribution is -0.0888. The Morgan fingerprint density at radius 2 is 2.19 bits per heavy atom. The highest BCUT2D eigenvalue weighted by Crippen LogP contribution is 2.28. The molecule has 1 aliphatic heterocycles. The summed E-state index contributed by atoms with van der Waals surface area (Å²) in [4.78, 5) is 0. The van der Waals surface area contributed by atoms with E-state index in [1.165, 1.54) is 5.56 Å². The molecule has 1 saturated heterocycles. The predicted octanol–water partition coefficient (Wildman–Crippen LogP) is 1.74. The second-order valence-electron chi connectivity index (χ2n) is 4.39. The second-order valence-corrected chi connectivity index (χ2v) is 4.39. The van der Waals surface area contributed by atoms with Gasteiger partial charge in [-0.3, -0.25) is 0 Å². The fourth-order valence-corrected chi connectivity index (χ4v) is 2.02. The Bertz CT molecular complexity index is 325. The predicted molar refractivity (Wildman–Crippen MR) is 61.1 cm³/mol. The van der Waals surface area contributed by atoms with Crippen molar-refractivity contribution >= 4 is 0 Å². The van der Waals surface area contributed by atoms with E-state index in [-0.39, 0.29) is 6.29 Å². The van der Waals surface area contributed by atoms with Crippen LogP contribution in [0, 0.1) is 0 Å². The number of benzene rings is 1. The molecule has 0 radical (unpaired) electrons. The van der Waals surface area contributed by atoms with Crippen LogP contribution in [-0.2, 0) is 15.9 Å². The van der Waals surface area contributed by atoms with Crippen LogP contribution in [0.4, 0.5) is 0 Å². The van der Waals surface area contributed by atoms with Crippen molar-refractivity contribution in [2.24, 2.45) is 0 Å². The summed E-state index contributed by atoms with van der Waals surface area (Å²) in [5.41, 5.74) is 0.521. The van der Waals surface area contributed by atoms with Crippen LogP contribution in [0.1, 0.15) is 18.4 Å². The Hall–Kier alpha value is -0.900. The minimum atomic E-state index is -0.726. The summed E-state index contributed by atoms with van der Waals surface area (Å²) < 4.78 is 10.4. The highest BCUT2D eigenvalue weighted by atomic mass is 16.7. The van der Waals surface area contributed by atoms with Crippen LogP contribution in [0.5, 0.6) is 0 Å². The van der Waals surface area contributed by atoms with Gasteiger partial charge in [0.25, 0.3) is 0 Å². The summed E-state index contributed by atoms with van der Waals surface area (Å²) in [6, 6.07) is 10.2. The molecule has 2 unspecified atom stereocenters. The lowest BCUT2D eigenvalue weighted by atomic mass is 9.94. The maximum absolute atomic E-state index is 10.2. The standard InChI is InChI=1S/C13H18O3/c1-15-12-9-13(14,10-16-12)8-7-11-5-3-2-4-6-11/h2-6,12,14H,7-10H2,1H3. The van der Waals surface area contributed by atoms with E-state index in [4.69, 9.17) is 9.47 Å². The van der Waals surface area contributed by atoms with Gasteiger partial charge in [-0.15, -0.1) is 0 Å². The van der Waals surface area contributed by atoms with Crippen molar-refractivity contribution in [3.8, 4) is 0 Å². The Kier molecular flexibility index (Phi) is 3.59. The van der Waals surface area contributed by atoms with Crippen molar-refractivity contribution < 1.29 is 14.6 Å². The van der Waals surface area contributed by atoms with Gasteiger partial charge in [0, 0.05) is 13.5 Å². The molecule has 16 heavy (non-hydrogen) atoms. The molecule has 0 bridgehead atoms. The van der Waals surface area contributed by atoms with Crippen LogP contribution in [0.25, 0.3) is 0 Å². The van der Waals surface area contributed by atoms with Crippen molar-refractivity contribution in [2.45, 2.75) is 31.2 Å². The molecule has 0 spiro atoms. The first-order valence-corrected chi connectivity index (χ1v) is 5.63. The van der Waals surface area contributed by atoms with Crippen LogP contribution in [0.3, 0.4) is 0 Å². The molecule has 2 rings (SSSR count). The summed E-state index contributed by atoms with van der Waals surface area (Å²) in [6.45, 7) is 0.373. The molecular weight excluding hydrogens is 204 g/mol. The van der Waals surface area contributed by atoms with E-state index < -0.39 is 5.60 Å². The zero-order valence-electron chi connectivity index (χ0n) is 9.56. The third kappa shape index (κ3) is 2.82. The zero-order valence-corrected chi connectivity index (χ0v) is 9.56. The summed E-state index contributed by atoms with van der Waals surface area (Å²) in [6.07, 6.45) is 1.91. The Labute approximate surface area is 96.0 Å². The van der Waals surface area contributed by atoms with Gasteiger partial charge < -0.3 is 14.6 Å². The third-order valence-electron chi connectivity index (χ3n) is 3.07. The zero-order chi connectivity index (χ0) is 11.4. The van der Waals surface area contributed by atoms with Crippen molar-refractivity contribution in [1.82, 2.24) is 0 Å². The molecule has 0 amide bonds. The molecule has 1 N–H and O–H groups in total. The summed E-state index contributed by atoms with van der Waals surface area (Å²) in [5.74, 6) is 0. The molecule has 1 fully saturated rings. The molecule has 1 heterocycles. The number of aryl methyl sites for hydroxylation is 1. The largest absolute Gasteiger partial charge is 0.387 e. The van der Waals surface area contributed by atoms with E-state index in [0.717, 1.165) is 12.8 Å². The molecule has 88 valence electrons. The van der Waals surface area contributed by atoms with Gasteiger partial charge in [0.1, 0.15) is 0 Å². The fourth-order valence-electron chi connectivity index (χ4n) is 2.02. The molecule has 3 heteroatoms. The maximum atomic E-state index is 10.2. The molecule has 3 nitrogen and oxygen atoms in total. The molecule has 2 atom stereocenters. The quantitative estimate of drug-likeness (QED) is 0.843. The molecule has 0 aromatic heterocycles. The number of methoxy groups -OCH3 is 1. The fraction of sp³-hybridized carbons (Fsp3) is 0.538. The van der Waals surface area contributed by atoms with Gasteiger partial charge in [0.15, 0.2) is 6.29 Å². The molecular formula is C13H18O3. The van der Waals surface area contributed by atoms with E-state index >= 15 is 0 Å². The van der Waals surface area contributed by atoms with Crippen LogP contribution < -0.4 is 0 Å². The minimum Gasteiger partial charge on any atom is -0.387 e. The molecule has 0 saturated carbocycles. The number of hydrogen-bond donors (Lipinski definition) is 1. The third-order valence-corrected chi connectivity index (χ3v) is 3.07. The van der Waals surface area contributed by atoms with Crippen LogP contribution >= 0.6 is 0 Å². The van der Waals surface area contributed by atoms with Gasteiger partial charge in [0.2, 0.25) is 0 Å². The van der Waals surface area contributed by atoms with E-state index in [1.807, 2.05) is 18.2 Å². The molecule has 1 aromatic carbocycles. The van der Waals surface area contributed by atoms with Gasteiger partial charge in [-0.05, 0) is 18.4 Å². The monoisotopic (exact) mass is 222 g/mol. The first-order valence-electron chi connectivity index (χ1n) is 5.63. The topological polar surface area (TPSA) is 38.7 Å². The Morgan fingerprint density at radius 3 is 2.81 bits per heavy atom. The van der Waals surface area contributed by atoms with Crippen molar-refractivity contribution in [3.05, 3.63) is 35.9 Å². The van der Waals surface area contributed by atoms with E-state index in [0.29, 0.717) is 13.0 Å². The highest BCUT2D eigenvalue weighted by Gasteiger charge is 2.37. The Balaban J connectivity index is 1.86. The van der Waals surface area contributed by atoms with Crippen molar-refractivity contribution in [3.63, 3.8) is 0 Å². The van der Waals surface area contributed by atoms with Crippen molar-refractivity contribution in [2.75, 3.05) is 13.7 Å². The van der Waals surface area contributed by atoms with Crippen LogP contribution in [-0.4, -0.2) is 30.7 Å². The Morgan fingerprint density at radius 1 is 1.44 bits per heavy atom. The van der Waals surface area contributed by atoms with Gasteiger partial charge >= 0.3 is 0 Å². The van der Waals surface area contributed by atoms with E-state index in [1.54, 1.807) is 7.11 Å². The highest BCUT2D eigenvalue weighted by molar-refractivity contribution is 5.15. The number of ether oxygens (including phenoxy) is 2. The van der Waals surface area contributed by atoms with Gasteiger partial charge in [-0.1, -0.05) is 30.3 Å². The molecule has 1 aliphatic rings. The average Bonchev–Trinajstić information content (AvgIpc) is 2.71. The van der Waals surface area contributed by atoms with Crippen molar-refractivity contribution in [1.29, 1.82) is 0 Å². The summed E-state index contributed by atoms with van der Waals surface area (Å²) >= 11 is 0. The van der Waals surface area contributed by atoms with Gasteiger partial charge in [-0.25, -0.2) is 0 Å². The first-order chi connectivity index (χ1) is 7.72. The number of rotatable bonds is 4. The number of hydrogen-bond acceptors (Lipinski definition) is 3. The lowest BCUT2D eigenvalue weighted by Gasteiger charge is -2.20. The second kappa shape index (κ2) is 4.95. The lowest BCUT2D eigenvalue weighted by Crippen LogP contribution is -2.30. The van der Waals surface area contributed by atoms with Crippen LogP contribution in [0.15, 0.2) is 30.3 Å². The smallest absolute Gasteiger partial charge is 0.160 e. The first kappa shape index (κ1) is 11.6.